The van der Waals surface area contributed by atoms with Gasteiger partial charge in [-0.15, -0.1) is 0 Å². The lowest BCUT2D eigenvalue weighted by atomic mass is 10.0. The first-order chi connectivity index (χ1) is 30.2. The summed E-state index contributed by atoms with van der Waals surface area (Å²) in [5, 5.41) is 8.75. The van der Waals surface area contributed by atoms with Gasteiger partial charge in [0.05, 0.1) is 23.9 Å². The normalized spacial score (nSPS) is 23.7. The van der Waals surface area contributed by atoms with Crippen molar-refractivity contribution in [2.24, 2.45) is 11.8 Å². The van der Waals surface area contributed by atoms with E-state index in [-0.39, 0.29) is 12.2 Å². The monoisotopic (exact) mass is 913 g/mol. The minimum atomic E-state index is 0.217. The van der Waals surface area contributed by atoms with Crippen molar-refractivity contribution in [2.75, 3.05) is 5.73 Å². The molecule has 6 aliphatic rings. The zero-order valence-electron chi connectivity index (χ0n) is 37.5. The fourth-order valence-corrected chi connectivity index (χ4v) is 8.64. The van der Waals surface area contributed by atoms with E-state index in [0.717, 1.165) is 71.0 Å². The predicted molar refractivity (Wildman–Crippen MR) is 255 cm³/mol. The van der Waals surface area contributed by atoms with E-state index in [0.29, 0.717) is 74.6 Å². The van der Waals surface area contributed by atoms with E-state index in [1.54, 1.807) is 24.5 Å². The van der Waals surface area contributed by atoms with Crippen LogP contribution < -0.4 is 25.8 Å². The summed E-state index contributed by atoms with van der Waals surface area (Å²) in [5.41, 5.74) is 12.7. The van der Waals surface area contributed by atoms with Crippen molar-refractivity contribution in [1.82, 2.24) is 30.6 Å². The molecule has 2 saturated carbocycles. The van der Waals surface area contributed by atoms with Gasteiger partial charge >= 0.3 is 0 Å². The van der Waals surface area contributed by atoms with Gasteiger partial charge in [0.2, 0.25) is 11.8 Å². The molecular formula is C49H62Cl3N9O2. The van der Waals surface area contributed by atoms with Gasteiger partial charge in [0.25, 0.3) is 0 Å². The maximum atomic E-state index is 7.21. The topological polar surface area (TPSA) is 129 Å². The second kappa shape index (κ2) is 22.6. The number of ether oxygens (including phenoxy) is 2. The van der Waals surface area contributed by atoms with Crippen LogP contribution in [0.2, 0.25) is 15.2 Å². The summed E-state index contributed by atoms with van der Waals surface area (Å²) in [5.74, 6) is 3.48. The maximum Gasteiger partial charge on any atom is 0.221 e. The number of nitrogen functional groups attached to an aromatic ring is 1. The molecule has 6 heterocycles. The van der Waals surface area contributed by atoms with Crippen molar-refractivity contribution in [2.45, 2.75) is 161 Å². The lowest BCUT2D eigenvalue weighted by Crippen LogP contribution is -2.42. The summed E-state index contributed by atoms with van der Waals surface area (Å²) in [6, 6.07) is 9.40. The van der Waals surface area contributed by atoms with Crippen LogP contribution in [0.5, 0.6) is 11.8 Å². The molecule has 4 saturated heterocycles. The molecule has 2 aliphatic carbocycles. The molecule has 11 nitrogen and oxygen atoms in total. The number of anilines is 1. The van der Waals surface area contributed by atoms with Crippen LogP contribution in [0.4, 0.5) is 17.1 Å². The molecule has 4 atom stereocenters. The Balaban J connectivity index is 0.000000155. The number of aryl methyl sites for hydroxylation is 2. The van der Waals surface area contributed by atoms with Crippen LogP contribution in [0.25, 0.3) is 9.69 Å². The second-order valence-electron chi connectivity index (χ2n) is 18.2. The molecule has 0 radical (unpaired) electrons. The number of halogens is 3. The second-order valence-corrected chi connectivity index (χ2v) is 19.4. The first kappa shape index (κ1) is 48.2. The largest absolute Gasteiger partial charge is 0.474 e. The number of hydrogen-bond donors (Lipinski definition) is 3. The molecule has 63 heavy (non-hydrogen) atoms. The van der Waals surface area contributed by atoms with Gasteiger partial charge in [-0.25, -0.2) is 29.6 Å². The molecule has 2 aromatic heterocycles. The lowest BCUT2D eigenvalue weighted by molar-refractivity contribution is 0.130. The van der Waals surface area contributed by atoms with Crippen molar-refractivity contribution in [3.8, 4) is 11.8 Å². The average Bonchev–Trinajstić information content (AvgIpc) is 4.18. The Morgan fingerprint density at radius 3 is 1.51 bits per heavy atom. The molecule has 4 unspecified atom stereocenters. The Labute approximate surface area is 389 Å². The zero-order chi connectivity index (χ0) is 45.2. The van der Waals surface area contributed by atoms with Crippen LogP contribution in [0.1, 0.15) is 124 Å². The van der Waals surface area contributed by atoms with Crippen LogP contribution in [0.15, 0.2) is 36.9 Å². The van der Waals surface area contributed by atoms with Gasteiger partial charge in [-0.2, -0.15) is 0 Å². The quantitative estimate of drug-likeness (QED) is 0.0983. The van der Waals surface area contributed by atoms with Crippen LogP contribution >= 0.6 is 34.8 Å². The maximum absolute atomic E-state index is 7.21. The highest BCUT2D eigenvalue weighted by molar-refractivity contribution is 6.33. The van der Waals surface area contributed by atoms with E-state index in [9.17, 15) is 0 Å². The SMILES string of the molecule is CC1CC1.CC1CC1.Cc1c(Cl)ncnc1OC1CC2CCC(C1)N2.[C-]#[N+]c1cc(Cl)c(Cc2ncnc(OC3CC4CCC(C3)N4)c2C)cc1C.[C-]#[N+]c1cc(Cl)c(N)cc1C. The Hall–Kier alpha value is -4.23. The number of rotatable bonds is 6. The minimum absolute atomic E-state index is 0.217. The number of nitrogens with zero attached hydrogens (tertiary/aromatic N) is 6. The van der Waals surface area contributed by atoms with Crippen LogP contribution in [0, 0.1) is 52.7 Å². The Morgan fingerprint density at radius 2 is 1.05 bits per heavy atom. The standard InChI is InChI=1S/C21H23ClN4O.C12H16ClN3O.C8H7ClN2.2C4H8/c1-12-6-14(18(22)10-19(12)23-3)7-20-13(2)21(25-11-24-20)27-17-8-15-4-5-16(9-17)26-15;1-7-11(13)14-6-15-12(7)17-10-4-8-2-3-9(5-10)16-8;1-5-3-7(10)6(9)4-8(5)11-2;2*1-4-2-3-4/h6,10-11,15-17,26H,4-5,7-9H2,1-2H3;6,8-10,16H,2-5H2,1H3;3-4H,10H2,1H3;2*4H,2-3H2,1H3. The predicted octanol–water partition coefficient (Wildman–Crippen LogP) is 12.3. The molecule has 0 amide bonds. The van der Waals surface area contributed by atoms with Gasteiger partial charge in [-0.3, -0.25) is 0 Å². The summed E-state index contributed by atoms with van der Waals surface area (Å²) in [6.45, 7) is 26.2. The molecule has 4 aliphatic heterocycles. The molecule has 0 spiro atoms. The van der Waals surface area contributed by atoms with E-state index in [1.165, 1.54) is 57.7 Å². The summed E-state index contributed by atoms with van der Waals surface area (Å²) >= 11 is 18.0. The molecule has 6 fully saturated rings. The van der Waals surface area contributed by atoms with Crippen molar-refractivity contribution in [3.05, 3.63) is 108 Å². The highest BCUT2D eigenvalue weighted by Crippen LogP contribution is 2.34. The van der Waals surface area contributed by atoms with Gasteiger partial charge in [0, 0.05) is 52.4 Å². The van der Waals surface area contributed by atoms with Gasteiger partial charge in [0.15, 0.2) is 11.4 Å². The van der Waals surface area contributed by atoms with E-state index in [1.807, 2.05) is 33.8 Å². The van der Waals surface area contributed by atoms with E-state index in [2.05, 4.69) is 54.1 Å². The van der Waals surface area contributed by atoms with E-state index in [4.69, 9.17) is 63.2 Å². The summed E-state index contributed by atoms with van der Waals surface area (Å²) in [6.07, 6.45) is 19.3. The van der Waals surface area contributed by atoms with E-state index >= 15 is 0 Å². The molecule has 4 N–H and O–H groups in total. The number of nitrogens with two attached hydrogens (primary N) is 1. The van der Waals surface area contributed by atoms with Crippen molar-refractivity contribution >= 4 is 51.9 Å². The molecule has 336 valence electrons. The zero-order valence-corrected chi connectivity index (χ0v) is 39.8. The number of piperidine rings is 2. The summed E-state index contributed by atoms with van der Waals surface area (Å²) < 4.78 is 12.2. The van der Waals surface area contributed by atoms with Crippen LogP contribution in [-0.2, 0) is 6.42 Å². The highest BCUT2D eigenvalue weighted by Gasteiger charge is 2.36. The molecule has 14 heteroatoms. The third-order valence-corrected chi connectivity index (χ3v) is 13.6. The van der Waals surface area contributed by atoms with Crippen molar-refractivity contribution in [1.29, 1.82) is 0 Å². The highest BCUT2D eigenvalue weighted by atomic mass is 35.5. The molecule has 2 aromatic carbocycles. The van der Waals surface area contributed by atoms with Gasteiger partial charge in [0.1, 0.15) is 30.0 Å². The Morgan fingerprint density at radius 1 is 0.619 bits per heavy atom. The smallest absolute Gasteiger partial charge is 0.221 e. The first-order valence-corrected chi connectivity index (χ1v) is 23.5. The fourth-order valence-electron chi connectivity index (χ4n) is 8.13. The van der Waals surface area contributed by atoms with Gasteiger partial charge in [-0.1, -0.05) is 80.4 Å². The van der Waals surface area contributed by atoms with Crippen molar-refractivity contribution < 1.29 is 9.47 Å². The molecule has 4 bridgehead atoms. The minimum Gasteiger partial charge on any atom is -0.474 e. The third-order valence-electron chi connectivity index (χ3n) is 12.5. The number of fused-ring (bicyclic) bond motifs is 4. The fraction of sp³-hybridized carbons (Fsp3) is 0.551. The molecule has 4 aromatic rings. The summed E-state index contributed by atoms with van der Waals surface area (Å²) in [4.78, 5) is 23.7. The van der Waals surface area contributed by atoms with Crippen molar-refractivity contribution in [3.63, 3.8) is 0 Å². The Kier molecular flexibility index (Phi) is 17.3. The van der Waals surface area contributed by atoms with Gasteiger partial charge < -0.3 is 25.8 Å². The molecule has 10 rings (SSSR count). The number of hydrogen-bond acceptors (Lipinski definition) is 9. The van der Waals surface area contributed by atoms with Crippen LogP contribution in [-0.4, -0.2) is 56.3 Å². The number of nitrogens with one attached hydrogen (secondary N) is 2. The van der Waals surface area contributed by atoms with Gasteiger partial charge in [-0.05, 0) is 126 Å². The third kappa shape index (κ3) is 14.4. The number of benzene rings is 2. The Bertz CT molecular complexity index is 2240. The molecular weight excluding hydrogens is 853 g/mol. The van der Waals surface area contributed by atoms with Crippen LogP contribution in [0.3, 0.4) is 0 Å². The number of aromatic nitrogens is 4. The lowest BCUT2D eigenvalue weighted by Gasteiger charge is -2.29. The summed E-state index contributed by atoms with van der Waals surface area (Å²) in [7, 11) is 0. The first-order valence-electron chi connectivity index (χ1n) is 22.4. The average molecular weight is 915 g/mol. The van der Waals surface area contributed by atoms with E-state index < -0.39 is 0 Å².